The first-order chi connectivity index (χ1) is 35.6. The van der Waals surface area contributed by atoms with Gasteiger partial charge in [0.05, 0.1) is 0 Å². The van der Waals surface area contributed by atoms with Crippen molar-refractivity contribution in [2.24, 2.45) is 17.8 Å². The van der Waals surface area contributed by atoms with E-state index in [1.165, 1.54) is 257 Å². The van der Waals surface area contributed by atoms with Crippen molar-refractivity contribution in [1.29, 1.82) is 0 Å². The van der Waals surface area contributed by atoms with Crippen molar-refractivity contribution in [2.75, 3.05) is 13.2 Å². The van der Waals surface area contributed by atoms with E-state index in [0.29, 0.717) is 19.3 Å². The molecule has 0 spiro atoms. The van der Waals surface area contributed by atoms with E-state index >= 15 is 0 Å². The molecular weight excluding hydrogens is 901 g/mol. The van der Waals surface area contributed by atoms with Crippen LogP contribution in [-0.4, -0.2) is 37.2 Å². The Morgan fingerprint density at radius 1 is 0.233 bits per heavy atom. The van der Waals surface area contributed by atoms with Gasteiger partial charge in [0.15, 0.2) is 6.10 Å². The minimum atomic E-state index is -0.765. The second-order valence-electron chi connectivity index (χ2n) is 24.5. The smallest absolute Gasteiger partial charge is 0.306 e. The molecular formula is C67H130O6. The zero-order valence-corrected chi connectivity index (χ0v) is 50.4. The summed E-state index contributed by atoms with van der Waals surface area (Å²) in [7, 11) is 0. The van der Waals surface area contributed by atoms with E-state index in [0.717, 1.165) is 75.5 Å². The third-order valence-corrected chi connectivity index (χ3v) is 15.4. The summed E-state index contributed by atoms with van der Waals surface area (Å²) in [4.78, 5) is 38.4. The zero-order valence-electron chi connectivity index (χ0n) is 50.4. The highest BCUT2D eigenvalue weighted by Gasteiger charge is 2.19. The lowest BCUT2D eigenvalue weighted by atomic mass is 10.0. The molecule has 6 heteroatoms. The van der Waals surface area contributed by atoms with E-state index in [1.807, 2.05) is 0 Å². The molecule has 0 amide bonds. The summed E-state index contributed by atoms with van der Waals surface area (Å²) in [6.07, 6.45) is 63.9. The third kappa shape index (κ3) is 61.1. The van der Waals surface area contributed by atoms with Crippen molar-refractivity contribution in [1.82, 2.24) is 0 Å². The van der Waals surface area contributed by atoms with Crippen molar-refractivity contribution in [3.05, 3.63) is 0 Å². The van der Waals surface area contributed by atoms with Gasteiger partial charge in [-0.3, -0.25) is 14.4 Å². The highest BCUT2D eigenvalue weighted by Crippen LogP contribution is 2.19. The van der Waals surface area contributed by atoms with E-state index in [1.54, 1.807) is 0 Å². The summed E-state index contributed by atoms with van der Waals surface area (Å²) in [5, 5.41) is 0. The lowest BCUT2D eigenvalue weighted by molar-refractivity contribution is -0.167. The van der Waals surface area contributed by atoms with Crippen molar-refractivity contribution in [2.45, 2.75) is 382 Å². The van der Waals surface area contributed by atoms with E-state index in [2.05, 4.69) is 41.5 Å². The fourth-order valence-electron chi connectivity index (χ4n) is 10.4. The Morgan fingerprint density at radius 3 is 0.589 bits per heavy atom. The molecule has 0 saturated carbocycles. The largest absolute Gasteiger partial charge is 0.462 e. The molecule has 0 saturated heterocycles. The predicted octanol–water partition coefficient (Wildman–Crippen LogP) is 22.2. The van der Waals surface area contributed by atoms with Gasteiger partial charge in [-0.25, -0.2) is 0 Å². The Hall–Kier alpha value is -1.59. The topological polar surface area (TPSA) is 78.9 Å². The molecule has 0 fully saturated rings. The number of hydrogen-bond donors (Lipinski definition) is 0. The van der Waals surface area contributed by atoms with Gasteiger partial charge in [0, 0.05) is 19.3 Å². The van der Waals surface area contributed by atoms with Gasteiger partial charge in [-0.05, 0) is 37.0 Å². The van der Waals surface area contributed by atoms with Crippen LogP contribution in [0.5, 0.6) is 0 Å². The molecule has 73 heavy (non-hydrogen) atoms. The summed E-state index contributed by atoms with van der Waals surface area (Å²) in [5.41, 5.74) is 0. The molecule has 0 radical (unpaired) electrons. The molecule has 6 nitrogen and oxygen atoms in total. The molecule has 1 atom stereocenters. The summed E-state index contributed by atoms with van der Waals surface area (Å²) >= 11 is 0. The van der Waals surface area contributed by atoms with Gasteiger partial charge in [-0.1, -0.05) is 337 Å². The Morgan fingerprint density at radius 2 is 0.397 bits per heavy atom. The normalized spacial score (nSPS) is 12.1. The lowest BCUT2D eigenvalue weighted by Crippen LogP contribution is -2.30. The number of carbonyl (C=O) groups is 3. The van der Waals surface area contributed by atoms with Gasteiger partial charge in [0.1, 0.15) is 13.2 Å². The van der Waals surface area contributed by atoms with Crippen LogP contribution < -0.4 is 0 Å². The molecule has 0 aromatic heterocycles. The van der Waals surface area contributed by atoms with Gasteiger partial charge >= 0.3 is 17.9 Å². The quantitative estimate of drug-likeness (QED) is 0.0343. The monoisotopic (exact) mass is 1030 g/mol. The fraction of sp³-hybridized carbons (Fsp3) is 0.955. The van der Waals surface area contributed by atoms with E-state index in [-0.39, 0.29) is 31.1 Å². The number of hydrogen-bond acceptors (Lipinski definition) is 6. The van der Waals surface area contributed by atoms with Gasteiger partial charge in [0.25, 0.3) is 0 Å². The maximum Gasteiger partial charge on any atom is 0.306 e. The van der Waals surface area contributed by atoms with Crippen LogP contribution in [0.15, 0.2) is 0 Å². The number of unbranched alkanes of at least 4 members (excludes halogenated alkanes) is 43. The Balaban J connectivity index is 4.27. The zero-order chi connectivity index (χ0) is 53.3. The summed E-state index contributed by atoms with van der Waals surface area (Å²) < 4.78 is 17.0. The van der Waals surface area contributed by atoms with Crippen LogP contribution >= 0.6 is 0 Å². The van der Waals surface area contributed by atoms with Crippen LogP contribution in [0.3, 0.4) is 0 Å². The number of ether oxygens (including phenoxy) is 3. The van der Waals surface area contributed by atoms with Crippen molar-refractivity contribution < 1.29 is 28.6 Å². The highest BCUT2D eigenvalue weighted by molar-refractivity contribution is 5.71. The standard InChI is InChI=1S/C67H130O6/c1-61(2)53-47-41-35-29-23-17-13-9-7-8-10-16-20-28-34-40-46-52-58-67(70)73-64(60-72-66(69)57-51-45-39-33-27-22-21-25-31-37-43-49-55-63(5)6)59-71-65(68)56-50-44-38-32-26-19-15-12-11-14-18-24-30-36-42-48-54-62(3)4/h61-64H,7-60H2,1-6H3/t64-/m0/s1. The maximum atomic E-state index is 12.9. The third-order valence-electron chi connectivity index (χ3n) is 15.4. The fourth-order valence-corrected chi connectivity index (χ4v) is 10.4. The first kappa shape index (κ1) is 71.4. The van der Waals surface area contributed by atoms with E-state index < -0.39 is 6.10 Å². The highest BCUT2D eigenvalue weighted by atomic mass is 16.6. The molecule has 0 N–H and O–H groups in total. The van der Waals surface area contributed by atoms with E-state index in [9.17, 15) is 14.4 Å². The minimum absolute atomic E-state index is 0.0623. The van der Waals surface area contributed by atoms with Crippen LogP contribution in [0.1, 0.15) is 375 Å². The first-order valence-corrected chi connectivity index (χ1v) is 33.1. The maximum absolute atomic E-state index is 12.9. The van der Waals surface area contributed by atoms with Crippen molar-refractivity contribution in [3.8, 4) is 0 Å². The molecule has 0 heterocycles. The molecule has 0 aliphatic carbocycles. The second-order valence-corrected chi connectivity index (χ2v) is 24.5. The first-order valence-electron chi connectivity index (χ1n) is 33.1. The predicted molar refractivity (Wildman–Crippen MR) is 316 cm³/mol. The number of carbonyl (C=O) groups excluding carboxylic acids is 3. The molecule has 0 unspecified atom stereocenters. The SMILES string of the molecule is CC(C)CCCCCCCCCCCCCCCCCCCCC(=O)O[C@@H](COC(=O)CCCCCCCCCCCCCCCCCCC(C)C)COC(=O)CCCCCCCCCCCCCCC(C)C. The Bertz CT molecular complexity index is 1130. The van der Waals surface area contributed by atoms with Gasteiger partial charge in [-0.2, -0.15) is 0 Å². The molecule has 0 aliphatic heterocycles. The van der Waals surface area contributed by atoms with Crippen LogP contribution in [-0.2, 0) is 28.6 Å². The second kappa shape index (κ2) is 58.1. The number of esters is 3. The molecule has 434 valence electrons. The van der Waals surface area contributed by atoms with Crippen LogP contribution in [0, 0.1) is 17.8 Å². The van der Waals surface area contributed by atoms with Crippen molar-refractivity contribution in [3.63, 3.8) is 0 Å². The van der Waals surface area contributed by atoms with E-state index in [4.69, 9.17) is 14.2 Å². The minimum Gasteiger partial charge on any atom is -0.462 e. The molecule has 0 aromatic carbocycles. The van der Waals surface area contributed by atoms with Crippen molar-refractivity contribution >= 4 is 17.9 Å². The van der Waals surface area contributed by atoms with Gasteiger partial charge in [-0.15, -0.1) is 0 Å². The molecule has 0 aromatic rings. The Labute approximate surface area is 457 Å². The van der Waals surface area contributed by atoms with Crippen LogP contribution in [0.25, 0.3) is 0 Å². The Kier molecular flexibility index (Phi) is 56.8. The average molecular weight is 1030 g/mol. The summed E-state index contributed by atoms with van der Waals surface area (Å²) in [6.45, 7) is 13.8. The molecule has 0 rings (SSSR count). The summed E-state index contributed by atoms with van der Waals surface area (Å²) in [5.74, 6) is 1.71. The number of rotatable bonds is 60. The molecule has 0 bridgehead atoms. The van der Waals surface area contributed by atoms with Crippen LogP contribution in [0.4, 0.5) is 0 Å². The molecule has 0 aliphatic rings. The average Bonchev–Trinajstić information content (AvgIpc) is 3.35. The van der Waals surface area contributed by atoms with Gasteiger partial charge < -0.3 is 14.2 Å². The lowest BCUT2D eigenvalue weighted by Gasteiger charge is -2.18. The summed E-state index contributed by atoms with van der Waals surface area (Å²) in [6, 6.07) is 0. The van der Waals surface area contributed by atoms with Crippen LogP contribution in [0.2, 0.25) is 0 Å². The van der Waals surface area contributed by atoms with Gasteiger partial charge in [0.2, 0.25) is 0 Å².